The van der Waals surface area contributed by atoms with Gasteiger partial charge in [-0.15, -0.1) is 0 Å². The number of aromatic nitrogens is 2. The van der Waals surface area contributed by atoms with E-state index in [0.29, 0.717) is 10.9 Å². The maximum Gasteiger partial charge on any atom is 0.326 e. The Morgan fingerprint density at radius 1 is 1.11 bits per heavy atom. The van der Waals surface area contributed by atoms with Crippen LogP contribution >= 0.6 is 11.8 Å². The second kappa shape index (κ2) is 8.95. The Morgan fingerprint density at radius 3 is 2.68 bits per heavy atom. The summed E-state index contributed by atoms with van der Waals surface area (Å²) in [5.74, 6) is 0.388. The van der Waals surface area contributed by atoms with E-state index in [1.54, 1.807) is 0 Å². The number of carbonyl (C=O) groups excluding carboxylic acids is 1. The SMILES string of the molecule is O=C(Cn1c(SCc2ccccc2)nc2c(c1=O)CCC2)OC1CCCCC1. The highest BCUT2D eigenvalue weighted by Crippen LogP contribution is 2.25. The second-order valence-electron chi connectivity index (χ2n) is 7.59. The van der Waals surface area contributed by atoms with Gasteiger partial charge in [-0.1, -0.05) is 48.5 Å². The standard InChI is InChI=1S/C22H26N2O3S/c25-20(27-17-10-5-2-6-11-17)14-24-21(26)18-12-7-13-19(18)23-22(24)28-15-16-8-3-1-4-9-16/h1,3-4,8-9,17H,2,5-7,10-15H2. The van der Waals surface area contributed by atoms with Crippen molar-refractivity contribution in [1.82, 2.24) is 9.55 Å². The number of hydrogen-bond donors (Lipinski definition) is 0. The molecule has 2 aliphatic rings. The van der Waals surface area contributed by atoms with Crippen molar-refractivity contribution in [3.63, 3.8) is 0 Å². The van der Waals surface area contributed by atoms with E-state index >= 15 is 0 Å². The van der Waals surface area contributed by atoms with Crippen LogP contribution in [0.2, 0.25) is 0 Å². The van der Waals surface area contributed by atoms with Crippen molar-refractivity contribution in [2.75, 3.05) is 0 Å². The summed E-state index contributed by atoms with van der Waals surface area (Å²) in [6.45, 7) is -0.0489. The van der Waals surface area contributed by atoms with Crippen molar-refractivity contribution in [1.29, 1.82) is 0 Å². The molecule has 0 bridgehead atoms. The van der Waals surface area contributed by atoms with Gasteiger partial charge in [-0.3, -0.25) is 14.2 Å². The van der Waals surface area contributed by atoms with Gasteiger partial charge >= 0.3 is 5.97 Å². The van der Waals surface area contributed by atoms with Crippen molar-refractivity contribution in [3.8, 4) is 0 Å². The Bertz CT molecular complexity index is 889. The third kappa shape index (κ3) is 4.49. The van der Waals surface area contributed by atoms with Crippen LogP contribution in [0.1, 0.15) is 55.3 Å². The van der Waals surface area contributed by atoms with E-state index in [0.717, 1.165) is 56.2 Å². The lowest BCUT2D eigenvalue weighted by Gasteiger charge is -2.22. The van der Waals surface area contributed by atoms with Crippen LogP contribution in [0.4, 0.5) is 0 Å². The molecule has 6 heteroatoms. The third-order valence-electron chi connectivity index (χ3n) is 5.50. The number of thioether (sulfide) groups is 1. The van der Waals surface area contributed by atoms with Gasteiger partial charge in [-0.25, -0.2) is 4.98 Å². The van der Waals surface area contributed by atoms with Gasteiger partial charge in [0.15, 0.2) is 5.16 Å². The van der Waals surface area contributed by atoms with Crippen LogP contribution in [-0.4, -0.2) is 21.6 Å². The summed E-state index contributed by atoms with van der Waals surface area (Å²) >= 11 is 1.51. The average Bonchev–Trinajstić information content (AvgIpc) is 3.19. The number of nitrogens with zero attached hydrogens (tertiary/aromatic N) is 2. The molecule has 1 saturated carbocycles. The number of aryl methyl sites for hydroxylation is 1. The molecule has 1 heterocycles. The van der Waals surface area contributed by atoms with E-state index < -0.39 is 0 Å². The van der Waals surface area contributed by atoms with E-state index in [-0.39, 0.29) is 24.2 Å². The number of hydrogen-bond acceptors (Lipinski definition) is 5. The van der Waals surface area contributed by atoms with Gasteiger partial charge in [-0.2, -0.15) is 0 Å². The fourth-order valence-electron chi connectivity index (χ4n) is 4.01. The maximum atomic E-state index is 13.0. The molecule has 2 aliphatic carbocycles. The molecule has 1 aromatic heterocycles. The second-order valence-corrected chi connectivity index (χ2v) is 8.53. The largest absolute Gasteiger partial charge is 0.461 e. The van der Waals surface area contributed by atoms with E-state index in [9.17, 15) is 9.59 Å². The summed E-state index contributed by atoms with van der Waals surface area (Å²) in [6, 6.07) is 10.1. The van der Waals surface area contributed by atoms with Gasteiger partial charge < -0.3 is 4.74 Å². The van der Waals surface area contributed by atoms with Gasteiger partial charge in [0, 0.05) is 11.3 Å². The first-order valence-corrected chi connectivity index (χ1v) is 11.2. The number of benzene rings is 1. The quantitative estimate of drug-likeness (QED) is 0.420. The van der Waals surface area contributed by atoms with Crippen LogP contribution in [0.15, 0.2) is 40.3 Å². The number of carbonyl (C=O) groups is 1. The van der Waals surface area contributed by atoms with Crippen molar-refractivity contribution < 1.29 is 9.53 Å². The molecule has 5 nitrogen and oxygen atoms in total. The van der Waals surface area contributed by atoms with Crippen molar-refractivity contribution in [2.45, 2.75) is 74.9 Å². The fraction of sp³-hybridized carbons (Fsp3) is 0.500. The maximum absolute atomic E-state index is 13.0. The normalized spacial score (nSPS) is 16.7. The zero-order valence-electron chi connectivity index (χ0n) is 16.1. The zero-order chi connectivity index (χ0) is 19.3. The highest BCUT2D eigenvalue weighted by Gasteiger charge is 2.24. The summed E-state index contributed by atoms with van der Waals surface area (Å²) in [5, 5.41) is 0.620. The summed E-state index contributed by atoms with van der Waals surface area (Å²) < 4.78 is 7.18. The minimum Gasteiger partial charge on any atom is -0.461 e. The molecule has 0 saturated heterocycles. The smallest absolute Gasteiger partial charge is 0.326 e. The van der Waals surface area contributed by atoms with Crippen LogP contribution in [0.5, 0.6) is 0 Å². The van der Waals surface area contributed by atoms with Crippen molar-refractivity contribution in [2.24, 2.45) is 0 Å². The molecule has 0 aliphatic heterocycles. The highest BCUT2D eigenvalue weighted by atomic mass is 32.2. The van der Waals surface area contributed by atoms with Gasteiger partial charge in [0.1, 0.15) is 12.6 Å². The number of fused-ring (bicyclic) bond motifs is 1. The number of rotatable bonds is 6. The fourth-order valence-corrected chi connectivity index (χ4v) is 4.98. The van der Waals surface area contributed by atoms with Gasteiger partial charge in [0.2, 0.25) is 0 Å². The van der Waals surface area contributed by atoms with E-state index in [1.165, 1.54) is 28.3 Å². The summed E-state index contributed by atoms with van der Waals surface area (Å²) in [5.41, 5.74) is 2.77. The highest BCUT2D eigenvalue weighted by molar-refractivity contribution is 7.98. The predicted octanol–water partition coefficient (Wildman–Crippen LogP) is 3.90. The first-order valence-electron chi connectivity index (χ1n) is 10.2. The molecule has 28 heavy (non-hydrogen) atoms. The molecule has 0 spiro atoms. The lowest BCUT2D eigenvalue weighted by molar-refractivity contribution is -0.151. The van der Waals surface area contributed by atoms with Crippen LogP contribution in [-0.2, 0) is 34.7 Å². The van der Waals surface area contributed by atoms with Crippen LogP contribution < -0.4 is 5.56 Å². The summed E-state index contributed by atoms with van der Waals surface area (Å²) in [4.78, 5) is 30.3. The van der Waals surface area contributed by atoms with Gasteiger partial charge in [0.25, 0.3) is 5.56 Å². The van der Waals surface area contributed by atoms with E-state index in [1.807, 2.05) is 18.2 Å². The Morgan fingerprint density at radius 2 is 1.89 bits per heavy atom. The van der Waals surface area contributed by atoms with Crippen LogP contribution in [0.25, 0.3) is 0 Å². The van der Waals surface area contributed by atoms with E-state index in [2.05, 4.69) is 12.1 Å². The Balaban J connectivity index is 1.53. The minimum atomic E-state index is -0.324. The summed E-state index contributed by atoms with van der Waals surface area (Å²) in [6.07, 6.45) is 7.84. The lowest BCUT2D eigenvalue weighted by Crippen LogP contribution is -2.32. The van der Waals surface area contributed by atoms with Crippen molar-refractivity contribution >= 4 is 17.7 Å². The molecule has 1 fully saturated rings. The zero-order valence-corrected chi connectivity index (χ0v) is 16.9. The van der Waals surface area contributed by atoms with Gasteiger partial charge in [0.05, 0.1) is 5.69 Å². The minimum absolute atomic E-state index is 0.000222. The molecule has 0 radical (unpaired) electrons. The van der Waals surface area contributed by atoms with Crippen LogP contribution in [0, 0.1) is 0 Å². The molecular formula is C22H26N2O3S. The number of ether oxygens (including phenoxy) is 1. The van der Waals surface area contributed by atoms with E-state index in [4.69, 9.17) is 9.72 Å². The molecule has 0 N–H and O–H groups in total. The monoisotopic (exact) mass is 398 g/mol. The van der Waals surface area contributed by atoms with Gasteiger partial charge in [-0.05, 0) is 50.5 Å². The third-order valence-corrected chi connectivity index (χ3v) is 6.55. The summed E-state index contributed by atoms with van der Waals surface area (Å²) in [7, 11) is 0. The Hall–Kier alpha value is -2.08. The first kappa shape index (κ1) is 19.2. The molecule has 148 valence electrons. The number of esters is 1. The van der Waals surface area contributed by atoms with Crippen LogP contribution in [0.3, 0.4) is 0 Å². The molecular weight excluding hydrogens is 372 g/mol. The molecule has 1 aromatic carbocycles. The Kier molecular flexibility index (Phi) is 6.15. The molecule has 0 amide bonds. The molecule has 4 rings (SSSR count). The molecule has 0 atom stereocenters. The average molecular weight is 399 g/mol. The first-order chi connectivity index (χ1) is 13.7. The topological polar surface area (TPSA) is 61.2 Å². The molecule has 2 aromatic rings. The lowest BCUT2D eigenvalue weighted by atomic mass is 9.98. The Labute approximate surface area is 169 Å². The predicted molar refractivity (Wildman–Crippen MR) is 109 cm³/mol. The van der Waals surface area contributed by atoms with Crippen molar-refractivity contribution in [3.05, 3.63) is 57.5 Å². The molecule has 0 unspecified atom stereocenters.